The van der Waals surface area contributed by atoms with Crippen LogP contribution in [0.4, 0.5) is 0 Å². The van der Waals surface area contributed by atoms with Gasteiger partial charge in [-0.25, -0.2) is 0 Å². The predicted molar refractivity (Wildman–Crippen MR) is 71.6 cm³/mol. The Labute approximate surface area is 106 Å². The molecule has 0 unspecified atom stereocenters. The van der Waals surface area contributed by atoms with Crippen LogP contribution < -0.4 is 5.32 Å². The molecule has 80 valence electrons. The second kappa shape index (κ2) is 5.25. The number of aryl methyl sites for hydroxylation is 1. The van der Waals surface area contributed by atoms with Gasteiger partial charge in [0, 0.05) is 18.0 Å². The Morgan fingerprint density at radius 2 is 2.27 bits per heavy atom. The molecule has 0 radical (unpaired) electrons. The number of nitrogens with one attached hydrogen (secondary N) is 1. The van der Waals surface area contributed by atoms with Crippen molar-refractivity contribution in [1.82, 2.24) is 5.32 Å². The lowest BCUT2D eigenvalue weighted by Crippen LogP contribution is -2.10. The second-order valence-corrected chi connectivity index (χ2v) is 6.64. The predicted octanol–water partition coefficient (Wildman–Crippen LogP) is 4.17. The van der Waals surface area contributed by atoms with Crippen LogP contribution in [0.25, 0.3) is 0 Å². The minimum atomic E-state index is 0.951. The van der Waals surface area contributed by atoms with Crippen molar-refractivity contribution in [1.29, 1.82) is 0 Å². The molecule has 0 atom stereocenters. The lowest BCUT2D eigenvalue weighted by molar-refractivity contribution is 0.702. The van der Waals surface area contributed by atoms with Gasteiger partial charge in [-0.1, -0.05) is 0 Å². The summed E-state index contributed by atoms with van der Waals surface area (Å²) in [4.78, 5) is 1.38. The molecule has 0 aliphatic carbocycles. The number of hydrogen-bond donors (Lipinski definition) is 1. The van der Waals surface area contributed by atoms with Crippen LogP contribution in [0.5, 0.6) is 0 Å². The maximum atomic E-state index is 3.54. The maximum absolute atomic E-state index is 3.54. The minimum Gasteiger partial charge on any atom is -0.308 e. The lowest BCUT2D eigenvalue weighted by Gasteiger charge is -1.99. The molecule has 0 saturated heterocycles. The first-order valence-electron chi connectivity index (χ1n) is 4.72. The topological polar surface area (TPSA) is 12.0 Å². The zero-order valence-corrected chi connectivity index (χ0v) is 11.6. The lowest BCUT2D eigenvalue weighted by atomic mass is 10.3. The SMILES string of the molecule is Cc1cc(CNCc2ccsc2)sc1Br. The van der Waals surface area contributed by atoms with E-state index >= 15 is 0 Å². The third kappa shape index (κ3) is 3.14. The molecule has 2 aromatic rings. The van der Waals surface area contributed by atoms with Gasteiger partial charge in [0.1, 0.15) is 0 Å². The van der Waals surface area contributed by atoms with E-state index < -0.39 is 0 Å². The molecule has 0 bridgehead atoms. The summed E-state index contributed by atoms with van der Waals surface area (Å²) in [6.45, 7) is 4.04. The number of thiophene rings is 2. The van der Waals surface area contributed by atoms with Crippen LogP contribution in [-0.4, -0.2) is 0 Å². The molecule has 0 fully saturated rings. The van der Waals surface area contributed by atoms with Crippen LogP contribution in [0.2, 0.25) is 0 Å². The summed E-state index contributed by atoms with van der Waals surface area (Å²) < 4.78 is 1.25. The molecule has 0 saturated carbocycles. The molecule has 0 spiro atoms. The van der Waals surface area contributed by atoms with E-state index in [2.05, 4.69) is 51.1 Å². The first-order valence-corrected chi connectivity index (χ1v) is 7.27. The van der Waals surface area contributed by atoms with Crippen molar-refractivity contribution in [3.05, 3.63) is 42.7 Å². The van der Waals surface area contributed by atoms with Crippen LogP contribution in [0.3, 0.4) is 0 Å². The van der Waals surface area contributed by atoms with Crippen LogP contribution in [0.15, 0.2) is 26.7 Å². The van der Waals surface area contributed by atoms with Gasteiger partial charge in [0.25, 0.3) is 0 Å². The monoisotopic (exact) mass is 301 g/mol. The van der Waals surface area contributed by atoms with Crippen molar-refractivity contribution < 1.29 is 0 Å². The Morgan fingerprint density at radius 1 is 1.40 bits per heavy atom. The molecule has 2 heterocycles. The Bertz CT molecular complexity index is 400. The van der Waals surface area contributed by atoms with Gasteiger partial charge >= 0.3 is 0 Å². The van der Waals surface area contributed by atoms with Crippen molar-refractivity contribution in [2.24, 2.45) is 0 Å². The van der Waals surface area contributed by atoms with Crippen LogP contribution in [0.1, 0.15) is 16.0 Å². The molecular formula is C11H12BrNS2. The number of halogens is 1. The zero-order valence-electron chi connectivity index (χ0n) is 8.42. The second-order valence-electron chi connectivity index (χ2n) is 3.40. The highest BCUT2D eigenvalue weighted by molar-refractivity contribution is 9.11. The average Bonchev–Trinajstić information content (AvgIpc) is 2.79. The summed E-state index contributed by atoms with van der Waals surface area (Å²) in [5, 5.41) is 7.74. The quantitative estimate of drug-likeness (QED) is 0.894. The van der Waals surface area contributed by atoms with Gasteiger partial charge in [-0.15, -0.1) is 11.3 Å². The van der Waals surface area contributed by atoms with E-state index in [1.165, 1.54) is 19.8 Å². The molecule has 0 amide bonds. The van der Waals surface area contributed by atoms with Gasteiger partial charge in [-0.05, 0) is 56.9 Å². The Kier molecular flexibility index (Phi) is 3.97. The van der Waals surface area contributed by atoms with Gasteiger partial charge in [0.05, 0.1) is 3.79 Å². The number of hydrogen-bond acceptors (Lipinski definition) is 3. The van der Waals surface area contributed by atoms with Gasteiger partial charge in [0.15, 0.2) is 0 Å². The molecule has 0 aliphatic rings. The Balaban J connectivity index is 1.83. The van der Waals surface area contributed by atoms with Crippen molar-refractivity contribution >= 4 is 38.6 Å². The maximum Gasteiger partial charge on any atom is 0.0730 e. The van der Waals surface area contributed by atoms with E-state index in [0.717, 1.165) is 13.1 Å². The molecule has 4 heteroatoms. The normalized spacial score (nSPS) is 10.8. The van der Waals surface area contributed by atoms with Gasteiger partial charge in [-0.3, -0.25) is 0 Å². The van der Waals surface area contributed by atoms with Crippen molar-refractivity contribution in [2.75, 3.05) is 0 Å². The zero-order chi connectivity index (χ0) is 10.7. The standard InChI is InChI=1S/C11H12BrNS2/c1-8-4-10(15-11(8)12)6-13-5-9-2-3-14-7-9/h2-4,7,13H,5-6H2,1H3. The largest absolute Gasteiger partial charge is 0.308 e. The van der Waals surface area contributed by atoms with Crippen LogP contribution >= 0.6 is 38.6 Å². The fraction of sp³-hybridized carbons (Fsp3) is 0.273. The first-order chi connectivity index (χ1) is 7.25. The smallest absolute Gasteiger partial charge is 0.0730 e. The average molecular weight is 302 g/mol. The summed E-state index contributed by atoms with van der Waals surface area (Å²) in [6.07, 6.45) is 0. The highest BCUT2D eigenvalue weighted by atomic mass is 79.9. The Hall–Kier alpha value is -0.160. The molecule has 1 nitrogen and oxygen atoms in total. The Morgan fingerprint density at radius 3 is 2.87 bits per heavy atom. The molecule has 1 N–H and O–H groups in total. The third-order valence-corrected chi connectivity index (χ3v) is 4.99. The highest BCUT2D eigenvalue weighted by Gasteiger charge is 2.02. The molecular weight excluding hydrogens is 290 g/mol. The van der Waals surface area contributed by atoms with Crippen LogP contribution in [-0.2, 0) is 13.1 Å². The van der Waals surface area contributed by atoms with E-state index in [4.69, 9.17) is 0 Å². The summed E-state index contributed by atoms with van der Waals surface area (Å²) in [5.74, 6) is 0. The fourth-order valence-electron chi connectivity index (χ4n) is 1.33. The van der Waals surface area contributed by atoms with Crippen molar-refractivity contribution in [3.63, 3.8) is 0 Å². The third-order valence-electron chi connectivity index (χ3n) is 2.12. The van der Waals surface area contributed by atoms with E-state index in [9.17, 15) is 0 Å². The summed E-state index contributed by atoms with van der Waals surface area (Å²) in [6, 6.07) is 4.39. The van der Waals surface area contributed by atoms with E-state index in [-0.39, 0.29) is 0 Å². The minimum absolute atomic E-state index is 0.951. The molecule has 0 aromatic carbocycles. The van der Waals surface area contributed by atoms with E-state index in [0.29, 0.717) is 0 Å². The molecule has 15 heavy (non-hydrogen) atoms. The summed E-state index contributed by atoms with van der Waals surface area (Å²) in [5.41, 5.74) is 2.69. The first kappa shape index (κ1) is 11.3. The number of rotatable bonds is 4. The van der Waals surface area contributed by atoms with Gasteiger partial charge < -0.3 is 5.32 Å². The molecule has 2 aromatic heterocycles. The molecule has 0 aliphatic heterocycles. The highest BCUT2D eigenvalue weighted by Crippen LogP contribution is 2.27. The van der Waals surface area contributed by atoms with Crippen molar-refractivity contribution in [3.8, 4) is 0 Å². The fourth-order valence-corrected chi connectivity index (χ4v) is 3.60. The molecule has 2 rings (SSSR count). The van der Waals surface area contributed by atoms with E-state index in [1.807, 2.05) is 11.3 Å². The van der Waals surface area contributed by atoms with Gasteiger partial charge in [-0.2, -0.15) is 11.3 Å². The van der Waals surface area contributed by atoms with Crippen LogP contribution in [0, 0.1) is 6.92 Å². The van der Waals surface area contributed by atoms with Crippen molar-refractivity contribution in [2.45, 2.75) is 20.0 Å². The summed E-state index contributed by atoms with van der Waals surface area (Å²) >= 11 is 7.09. The van der Waals surface area contributed by atoms with Gasteiger partial charge in [0.2, 0.25) is 0 Å². The van der Waals surface area contributed by atoms with E-state index in [1.54, 1.807) is 11.3 Å². The summed E-state index contributed by atoms with van der Waals surface area (Å²) in [7, 11) is 0.